The molecule has 0 bridgehead atoms. The number of benzene rings is 1. The Balaban J connectivity index is 2.05. The Morgan fingerprint density at radius 2 is 1.93 bits per heavy atom. The molecule has 1 radical (unpaired) electrons. The van der Waals surface area contributed by atoms with E-state index in [1.807, 2.05) is 11.8 Å². The van der Waals surface area contributed by atoms with Crippen LogP contribution in [0.1, 0.15) is 6.42 Å². The SMILES string of the molecule is CN(C)CC[CH]CSc1ccccc1. The summed E-state index contributed by atoms with van der Waals surface area (Å²) in [6.45, 7) is 1.15. The van der Waals surface area contributed by atoms with Crippen LogP contribution in [0.2, 0.25) is 0 Å². The minimum absolute atomic E-state index is 1.11. The first-order valence-corrected chi connectivity index (χ1v) is 5.92. The molecule has 0 atom stereocenters. The van der Waals surface area contributed by atoms with Crippen molar-refractivity contribution in [1.82, 2.24) is 4.90 Å². The number of nitrogens with zero attached hydrogens (tertiary/aromatic N) is 1. The third-order valence-electron chi connectivity index (χ3n) is 1.89. The number of hydrogen-bond acceptors (Lipinski definition) is 2. The maximum absolute atomic E-state index is 2.34. The largest absolute Gasteiger partial charge is 0.309 e. The van der Waals surface area contributed by atoms with E-state index in [4.69, 9.17) is 0 Å². The van der Waals surface area contributed by atoms with Crippen LogP contribution >= 0.6 is 11.8 Å². The van der Waals surface area contributed by atoms with Crippen molar-refractivity contribution in [2.45, 2.75) is 11.3 Å². The predicted octanol–water partition coefficient (Wildman–Crippen LogP) is 2.93. The molecule has 0 amide bonds. The summed E-state index contributed by atoms with van der Waals surface area (Å²) < 4.78 is 0. The average molecular weight is 208 g/mol. The molecule has 0 aromatic heterocycles. The van der Waals surface area contributed by atoms with E-state index < -0.39 is 0 Å². The summed E-state index contributed by atoms with van der Waals surface area (Å²) in [4.78, 5) is 3.57. The zero-order valence-electron chi connectivity index (χ0n) is 8.94. The van der Waals surface area contributed by atoms with Gasteiger partial charge in [0.2, 0.25) is 0 Å². The van der Waals surface area contributed by atoms with Crippen molar-refractivity contribution in [3.63, 3.8) is 0 Å². The molecule has 14 heavy (non-hydrogen) atoms. The van der Waals surface area contributed by atoms with Crippen molar-refractivity contribution in [3.05, 3.63) is 36.8 Å². The van der Waals surface area contributed by atoms with Crippen molar-refractivity contribution in [2.24, 2.45) is 0 Å². The maximum Gasteiger partial charge on any atom is 0.00720 e. The maximum atomic E-state index is 2.34. The Bertz CT molecular complexity index is 233. The van der Waals surface area contributed by atoms with Crippen LogP contribution in [0.15, 0.2) is 35.2 Å². The van der Waals surface area contributed by atoms with Gasteiger partial charge in [-0.1, -0.05) is 18.2 Å². The monoisotopic (exact) mass is 208 g/mol. The second-order valence-electron chi connectivity index (χ2n) is 3.50. The summed E-state index contributed by atoms with van der Waals surface area (Å²) in [6.07, 6.45) is 3.52. The predicted molar refractivity (Wildman–Crippen MR) is 64.6 cm³/mol. The quantitative estimate of drug-likeness (QED) is 0.522. The highest BCUT2D eigenvalue weighted by Gasteiger charge is 1.94. The summed E-state index contributed by atoms with van der Waals surface area (Å²) in [5, 5.41) is 0. The van der Waals surface area contributed by atoms with Crippen molar-refractivity contribution < 1.29 is 0 Å². The molecule has 0 saturated carbocycles. The molecule has 1 nitrogen and oxygen atoms in total. The lowest BCUT2D eigenvalue weighted by atomic mass is 10.3. The molecule has 0 heterocycles. The molecule has 0 aliphatic heterocycles. The molecule has 1 aromatic rings. The lowest BCUT2D eigenvalue weighted by molar-refractivity contribution is 0.412. The van der Waals surface area contributed by atoms with Crippen LogP contribution in [0.5, 0.6) is 0 Å². The summed E-state index contributed by atoms with van der Waals surface area (Å²) in [5.41, 5.74) is 0. The zero-order chi connectivity index (χ0) is 10.2. The lowest BCUT2D eigenvalue weighted by Crippen LogP contribution is -2.13. The molecule has 0 aliphatic rings. The molecular formula is C12H18NS. The molecule has 0 aliphatic carbocycles. The molecule has 0 N–H and O–H groups in total. The number of hydrogen-bond donors (Lipinski definition) is 0. The van der Waals surface area contributed by atoms with Crippen molar-refractivity contribution >= 4 is 11.8 Å². The highest BCUT2D eigenvalue weighted by atomic mass is 32.2. The van der Waals surface area contributed by atoms with Crippen LogP contribution in [0.3, 0.4) is 0 Å². The topological polar surface area (TPSA) is 3.24 Å². The van der Waals surface area contributed by atoms with Gasteiger partial charge in [0.05, 0.1) is 0 Å². The minimum atomic E-state index is 1.11. The first-order valence-electron chi connectivity index (χ1n) is 4.93. The second-order valence-corrected chi connectivity index (χ2v) is 4.60. The van der Waals surface area contributed by atoms with Gasteiger partial charge in [-0.2, -0.15) is 0 Å². The van der Waals surface area contributed by atoms with E-state index in [1.54, 1.807) is 0 Å². The Kier molecular flexibility index (Phi) is 5.72. The summed E-state index contributed by atoms with van der Waals surface area (Å²) in [7, 11) is 4.22. The van der Waals surface area contributed by atoms with Gasteiger partial charge < -0.3 is 4.90 Å². The van der Waals surface area contributed by atoms with E-state index in [2.05, 4.69) is 55.7 Å². The zero-order valence-corrected chi connectivity index (χ0v) is 9.76. The van der Waals surface area contributed by atoms with E-state index in [1.165, 1.54) is 11.3 Å². The van der Waals surface area contributed by atoms with E-state index in [0.29, 0.717) is 0 Å². The molecule has 1 aromatic carbocycles. The Hall–Kier alpha value is -0.470. The number of unbranched alkanes of at least 4 members (excludes halogenated alkanes) is 1. The van der Waals surface area contributed by atoms with Crippen molar-refractivity contribution in [2.75, 3.05) is 26.4 Å². The Morgan fingerprint density at radius 3 is 2.57 bits per heavy atom. The fourth-order valence-electron chi connectivity index (χ4n) is 1.10. The van der Waals surface area contributed by atoms with Gasteiger partial charge in [0.1, 0.15) is 0 Å². The van der Waals surface area contributed by atoms with Crippen molar-refractivity contribution in [3.8, 4) is 0 Å². The van der Waals surface area contributed by atoms with Crippen LogP contribution in [0.4, 0.5) is 0 Å². The molecule has 1 rings (SSSR count). The summed E-state index contributed by atoms with van der Waals surface area (Å²) >= 11 is 1.90. The van der Waals surface area contributed by atoms with E-state index in [-0.39, 0.29) is 0 Å². The number of rotatable bonds is 6. The highest BCUT2D eigenvalue weighted by Crippen LogP contribution is 2.17. The van der Waals surface area contributed by atoms with Gasteiger partial charge in [-0.3, -0.25) is 0 Å². The standard InChI is InChI=1S/C12H18NS/c1-13(2)10-6-7-11-14-12-8-4-3-5-9-12/h3-5,7-9H,6,10-11H2,1-2H3. The van der Waals surface area contributed by atoms with Crippen LogP contribution in [-0.2, 0) is 0 Å². The molecule has 0 spiro atoms. The van der Waals surface area contributed by atoms with Crippen LogP contribution in [-0.4, -0.2) is 31.3 Å². The van der Waals surface area contributed by atoms with Gasteiger partial charge in [0.25, 0.3) is 0 Å². The van der Waals surface area contributed by atoms with Gasteiger partial charge in [0.15, 0.2) is 0 Å². The van der Waals surface area contributed by atoms with E-state index in [9.17, 15) is 0 Å². The van der Waals surface area contributed by atoms with E-state index >= 15 is 0 Å². The van der Waals surface area contributed by atoms with Gasteiger partial charge in [-0.25, -0.2) is 0 Å². The Morgan fingerprint density at radius 1 is 1.21 bits per heavy atom. The molecule has 0 fully saturated rings. The molecule has 0 saturated heterocycles. The molecule has 77 valence electrons. The third-order valence-corrected chi connectivity index (χ3v) is 2.90. The summed E-state index contributed by atoms with van der Waals surface area (Å²) in [5.74, 6) is 1.11. The fraction of sp³-hybridized carbons (Fsp3) is 0.417. The van der Waals surface area contributed by atoms with Gasteiger partial charge in [-0.15, -0.1) is 11.8 Å². The minimum Gasteiger partial charge on any atom is -0.309 e. The van der Waals surface area contributed by atoms with Crippen LogP contribution in [0.25, 0.3) is 0 Å². The normalized spacial score (nSPS) is 10.8. The highest BCUT2D eigenvalue weighted by molar-refractivity contribution is 7.99. The molecular weight excluding hydrogens is 190 g/mol. The van der Waals surface area contributed by atoms with Crippen LogP contribution < -0.4 is 0 Å². The molecule has 0 unspecified atom stereocenters. The van der Waals surface area contributed by atoms with Crippen molar-refractivity contribution in [1.29, 1.82) is 0 Å². The van der Waals surface area contributed by atoms with Crippen LogP contribution in [0, 0.1) is 6.42 Å². The third kappa shape index (κ3) is 5.30. The van der Waals surface area contributed by atoms with Gasteiger partial charge in [0, 0.05) is 10.6 Å². The average Bonchev–Trinajstić information content (AvgIpc) is 2.18. The fourth-order valence-corrected chi connectivity index (χ4v) is 1.93. The van der Waals surface area contributed by atoms with Gasteiger partial charge in [-0.05, 0) is 45.6 Å². The smallest absolute Gasteiger partial charge is 0.00720 e. The number of thioether (sulfide) groups is 1. The Labute approximate surface area is 91.5 Å². The first-order chi connectivity index (χ1) is 6.79. The van der Waals surface area contributed by atoms with E-state index in [0.717, 1.165) is 12.3 Å². The molecule has 2 heteroatoms. The lowest BCUT2D eigenvalue weighted by Gasteiger charge is -2.08. The summed E-state index contributed by atoms with van der Waals surface area (Å²) in [6, 6.07) is 10.5. The first kappa shape index (κ1) is 11.6. The van der Waals surface area contributed by atoms with Gasteiger partial charge >= 0.3 is 0 Å². The second kappa shape index (κ2) is 6.91.